The maximum Gasteiger partial charge on any atom is 0.509 e. The highest BCUT2D eigenvalue weighted by atomic mass is 16.8. The Morgan fingerprint density at radius 3 is 2.87 bits per heavy atom. The van der Waals surface area contributed by atoms with Crippen LogP contribution in [0.5, 0.6) is 0 Å². The Morgan fingerprint density at radius 1 is 1.40 bits per heavy atom. The molecule has 1 heterocycles. The molecular formula is C11H14O4. The van der Waals surface area contributed by atoms with Crippen LogP contribution in [-0.4, -0.2) is 24.5 Å². The second kappa shape index (κ2) is 2.90. The molecule has 0 aromatic carbocycles. The summed E-state index contributed by atoms with van der Waals surface area (Å²) in [6.07, 6.45) is 1.53. The van der Waals surface area contributed by atoms with Gasteiger partial charge < -0.3 is 14.2 Å². The number of hydrogen-bond donors (Lipinski definition) is 0. The van der Waals surface area contributed by atoms with Crippen molar-refractivity contribution >= 4 is 6.16 Å². The van der Waals surface area contributed by atoms with E-state index in [1.807, 2.05) is 6.92 Å². The van der Waals surface area contributed by atoms with Gasteiger partial charge in [-0.25, -0.2) is 4.79 Å². The van der Waals surface area contributed by atoms with Crippen LogP contribution in [0, 0.1) is 11.8 Å². The third-order valence-corrected chi connectivity index (χ3v) is 3.62. The number of ether oxygens (including phenoxy) is 3. The molecular weight excluding hydrogens is 196 g/mol. The molecule has 2 aliphatic carbocycles. The van der Waals surface area contributed by atoms with Crippen molar-refractivity contribution in [3.05, 3.63) is 12.3 Å². The molecule has 0 radical (unpaired) electrons. The number of rotatable bonds is 2. The molecule has 0 aromatic heterocycles. The fourth-order valence-electron chi connectivity index (χ4n) is 3.16. The van der Waals surface area contributed by atoms with Crippen molar-refractivity contribution in [2.45, 2.75) is 38.1 Å². The van der Waals surface area contributed by atoms with Crippen molar-refractivity contribution in [3.8, 4) is 0 Å². The van der Waals surface area contributed by atoms with Gasteiger partial charge in [-0.05, 0) is 19.8 Å². The van der Waals surface area contributed by atoms with Crippen LogP contribution >= 0.6 is 0 Å². The lowest BCUT2D eigenvalue weighted by Gasteiger charge is -2.28. The Kier molecular flexibility index (Phi) is 1.75. The maximum atomic E-state index is 11.0. The van der Waals surface area contributed by atoms with Crippen LogP contribution in [0.3, 0.4) is 0 Å². The third kappa shape index (κ3) is 1.24. The van der Waals surface area contributed by atoms with E-state index in [1.54, 1.807) is 0 Å². The van der Waals surface area contributed by atoms with E-state index in [4.69, 9.17) is 14.2 Å². The molecule has 0 spiro atoms. The summed E-state index contributed by atoms with van der Waals surface area (Å²) in [5, 5.41) is 0. The first-order valence-corrected chi connectivity index (χ1v) is 5.34. The predicted molar refractivity (Wildman–Crippen MR) is 51.0 cm³/mol. The van der Waals surface area contributed by atoms with Crippen molar-refractivity contribution in [1.29, 1.82) is 0 Å². The van der Waals surface area contributed by atoms with E-state index in [0.717, 1.165) is 18.6 Å². The number of fused-ring (bicyclic) bond motifs is 5. The van der Waals surface area contributed by atoms with Crippen LogP contribution in [-0.2, 0) is 14.2 Å². The Morgan fingerprint density at radius 2 is 2.13 bits per heavy atom. The molecule has 0 N–H and O–H groups in total. The lowest BCUT2D eigenvalue weighted by molar-refractivity contribution is -0.00545. The van der Waals surface area contributed by atoms with Crippen molar-refractivity contribution in [3.63, 3.8) is 0 Å². The quantitative estimate of drug-likeness (QED) is 0.515. The van der Waals surface area contributed by atoms with Gasteiger partial charge in [0.05, 0.1) is 5.76 Å². The minimum atomic E-state index is -0.518. The highest BCUT2D eigenvalue weighted by Crippen LogP contribution is 2.51. The van der Waals surface area contributed by atoms with Crippen molar-refractivity contribution < 1.29 is 19.0 Å². The average Bonchev–Trinajstić information content (AvgIpc) is 2.72. The summed E-state index contributed by atoms with van der Waals surface area (Å²) in [6, 6.07) is 0. The van der Waals surface area contributed by atoms with Gasteiger partial charge in [-0.2, -0.15) is 0 Å². The Bertz CT molecular complexity index is 325. The number of carbonyl (C=O) groups is 1. The van der Waals surface area contributed by atoms with Crippen LogP contribution in [0.4, 0.5) is 4.79 Å². The van der Waals surface area contributed by atoms with Crippen molar-refractivity contribution in [2.75, 3.05) is 0 Å². The van der Waals surface area contributed by atoms with Crippen molar-refractivity contribution in [1.82, 2.24) is 0 Å². The molecule has 1 aliphatic heterocycles. The van der Waals surface area contributed by atoms with E-state index in [0.29, 0.717) is 11.8 Å². The summed E-state index contributed by atoms with van der Waals surface area (Å²) in [5.74, 6) is 1.44. The smallest absolute Gasteiger partial charge is 0.495 e. The Hall–Kier alpha value is -1.19. The van der Waals surface area contributed by atoms with Gasteiger partial charge in [0.2, 0.25) is 0 Å². The van der Waals surface area contributed by atoms with Gasteiger partial charge in [0.25, 0.3) is 0 Å². The van der Waals surface area contributed by atoms with Crippen LogP contribution < -0.4 is 0 Å². The van der Waals surface area contributed by atoms with Crippen LogP contribution in [0.25, 0.3) is 0 Å². The van der Waals surface area contributed by atoms with Gasteiger partial charge in [0, 0.05) is 11.8 Å². The fourth-order valence-corrected chi connectivity index (χ4v) is 3.16. The van der Waals surface area contributed by atoms with Crippen LogP contribution in [0.2, 0.25) is 0 Å². The summed E-state index contributed by atoms with van der Waals surface area (Å²) >= 11 is 0. The summed E-state index contributed by atoms with van der Waals surface area (Å²) in [4.78, 5) is 11.0. The van der Waals surface area contributed by atoms with Gasteiger partial charge >= 0.3 is 6.16 Å². The molecule has 5 atom stereocenters. The van der Waals surface area contributed by atoms with Gasteiger partial charge in [-0.3, -0.25) is 0 Å². The van der Waals surface area contributed by atoms with Crippen molar-refractivity contribution in [2.24, 2.45) is 11.8 Å². The first kappa shape index (κ1) is 9.07. The summed E-state index contributed by atoms with van der Waals surface area (Å²) < 4.78 is 15.9. The molecule has 3 fully saturated rings. The normalized spacial score (nSPS) is 45.9. The molecule has 2 saturated carbocycles. The molecule has 1 saturated heterocycles. The molecule has 5 unspecified atom stereocenters. The lowest BCUT2D eigenvalue weighted by Crippen LogP contribution is -2.38. The van der Waals surface area contributed by atoms with E-state index in [9.17, 15) is 4.79 Å². The van der Waals surface area contributed by atoms with E-state index >= 15 is 0 Å². The third-order valence-electron chi connectivity index (χ3n) is 3.62. The second-order valence-electron chi connectivity index (χ2n) is 4.67. The number of hydrogen-bond acceptors (Lipinski definition) is 4. The van der Waals surface area contributed by atoms with E-state index in [-0.39, 0.29) is 18.3 Å². The topological polar surface area (TPSA) is 44.8 Å². The first-order valence-electron chi connectivity index (χ1n) is 5.34. The van der Waals surface area contributed by atoms with Gasteiger partial charge in [-0.15, -0.1) is 0 Å². The van der Waals surface area contributed by atoms with Crippen LogP contribution in [0.1, 0.15) is 19.8 Å². The van der Waals surface area contributed by atoms with E-state index < -0.39 is 6.16 Å². The van der Waals surface area contributed by atoms with Gasteiger partial charge in [0.1, 0.15) is 18.3 Å². The molecule has 15 heavy (non-hydrogen) atoms. The zero-order chi connectivity index (χ0) is 10.6. The second-order valence-corrected chi connectivity index (χ2v) is 4.67. The zero-order valence-electron chi connectivity index (χ0n) is 8.64. The fraction of sp³-hybridized carbons (Fsp3) is 0.727. The van der Waals surface area contributed by atoms with E-state index in [2.05, 4.69) is 6.58 Å². The summed E-state index contributed by atoms with van der Waals surface area (Å²) in [6.45, 7) is 5.59. The van der Waals surface area contributed by atoms with Gasteiger partial charge in [0.15, 0.2) is 0 Å². The Labute approximate surface area is 88.2 Å². The molecule has 3 aliphatic rings. The first-order chi connectivity index (χ1) is 7.15. The Balaban J connectivity index is 1.76. The number of carbonyl (C=O) groups excluding carboxylic acids is 1. The molecule has 4 nitrogen and oxygen atoms in total. The van der Waals surface area contributed by atoms with Crippen LogP contribution in [0.15, 0.2) is 12.3 Å². The van der Waals surface area contributed by atoms with E-state index in [1.165, 1.54) is 0 Å². The highest BCUT2D eigenvalue weighted by molar-refractivity contribution is 5.63. The molecule has 0 amide bonds. The maximum absolute atomic E-state index is 11.0. The molecule has 4 heteroatoms. The number of allylic oxidation sites excluding steroid dienone is 1. The monoisotopic (exact) mass is 210 g/mol. The standard InChI is InChI=1S/C11H14O4/c1-5(2)13-8-4-6-3-7(8)10-9(6)14-11(12)15-10/h6-10H,1,3-4H2,2H3. The highest BCUT2D eigenvalue weighted by Gasteiger charge is 2.60. The average molecular weight is 210 g/mol. The minimum absolute atomic E-state index is 0.0209. The molecule has 82 valence electrons. The molecule has 2 bridgehead atoms. The largest absolute Gasteiger partial charge is 0.509 e. The zero-order valence-corrected chi connectivity index (χ0v) is 8.64. The minimum Gasteiger partial charge on any atom is -0.495 e. The summed E-state index contributed by atoms with van der Waals surface area (Å²) in [5.41, 5.74) is 0. The lowest BCUT2D eigenvalue weighted by atomic mass is 9.92. The molecule has 3 rings (SSSR count). The SMILES string of the molecule is C=C(C)OC1CC2CC1C1OC(=O)OC21. The van der Waals surface area contributed by atoms with Gasteiger partial charge in [-0.1, -0.05) is 6.58 Å². The summed E-state index contributed by atoms with van der Waals surface area (Å²) in [7, 11) is 0. The molecule has 0 aromatic rings. The predicted octanol–water partition coefficient (Wildman–Crippen LogP) is 1.85.